The van der Waals surface area contributed by atoms with Crippen LogP contribution in [0.15, 0.2) is 45.5 Å². The maximum Gasteiger partial charge on any atom is 0.275 e. The number of carbonyl (C=O) groups is 1. The number of thioether (sulfide) groups is 1. The van der Waals surface area contributed by atoms with E-state index in [1.165, 1.54) is 45.0 Å². The molecule has 1 amide bonds. The number of carbonyl (C=O) groups excluding carboxylic acids is 1. The molecule has 1 aromatic carbocycles. The Balaban J connectivity index is 1.32. The van der Waals surface area contributed by atoms with Crippen molar-refractivity contribution < 1.29 is 9.53 Å². The molecule has 4 aromatic rings. The van der Waals surface area contributed by atoms with Crippen molar-refractivity contribution in [2.75, 3.05) is 11.9 Å². The zero-order valence-electron chi connectivity index (χ0n) is 15.1. The van der Waals surface area contributed by atoms with Gasteiger partial charge in [-0.15, -0.1) is 10.2 Å². The van der Waals surface area contributed by atoms with Crippen molar-refractivity contribution >= 4 is 50.4 Å². The van der Waals surface area contributed by atoms with Crippen molar-refractivity contribution in [2.24, 2.45) is 0 Å². The van der Waals surface area contributed by atoms with E-state index >= 15 is 0 Å². The van der Waals surface area contributed by atoms with Crippen LogP contribution in [0.3, 0.4) is 0 Å². The van der Waals surface area contributed by atoms with E-state index in [-0.39, 0.29) is 18.1 Å². The van der Waals surface area contributed by atoms with Crippen molar-refractivity contribution in [3.05, 3.63) is 57.5 Å². The lowest BCUT2D eigenvalue weighted by Crippen LogP contribution is -2.20. The summed E-state index contributed by atoms with van der Waals surface area (Å²) in [5.74, 6) is 0.762. The highest BCUT2D eigenvalue weighted by molar-refractivity contribution is 8.00. The van der Waals surface area contributed by atoms with Crippen molar-refractivity contribution in [3.63, 3.8) is 0 Å². The fraction of sp³-hybridized carbons (Fsp3) is 0.176. The van der Waals surface area contributed by atoms with Crippen LogP contribution < -0.4 is 15.6 Å². The van der Waals surface area contributed by atoms with Gasteiger partial charge in [0.25, 0.3) is 11.5 Å². The fourth-order valence-electron chi connectivity index (χ4n) is 2.30. The zero-order valence-corrected chi connectivity index (χ0v) is 17.5. The number of hydrogen-bond donors (Lipinski definition) is 1. The quantitative estimate of drug-likeness (QED) is 0.341. The Labute approximate surface area is 176 Å². The number of anilines is 1. The number of hydrogen-bond acceptors (Lipinski definition) is 10. The Hall–Kier alpha value is -2.83. The molecule has 0 unspecified atom stereocenters. The lowest BCUT2D eigenvalue weighted by molar-refractivity contribution is -0.118. The first-order valence-electron chi connectivity index (χ1n) is 8.37. The number of fused-ring (bicyclic) bond motifs is 1. The third kappa shape index (κ3) is 4.96. The molecule has 1 N–H and O–H groups in total. The van der Waals surface area contributed by atoms with E-state index in [1.54, 1.807) is 12.1 Å². The van der Waals surface area contributed by atoms with Crippen LogP contribution >= 0.6 is 34.4 Å². The normalized spacial score (nSPS) is 10.9. The lowest BCUT2D eigenvalue weighted by Gasteiger charge is -2.04. The topological polar surface area (TPSA) is 111 Å². The molecule has 4 rings (SSSR count). The number of nitrogens with zero attached hydrogens (tertiary/aromatic N) is 5. The molecule has 9 nitrogen and oxygen atoms in total. The fourth-order valence-corrected chi connectivity index (χ4v) is 4.73. The van der Waals surface area contributed by atoms with E-state index in [1.807, 2.05) is 25.1 Å². The standard InChI is InChI=1S/C17H14N6O3S3/c1-10-22-23-14(25)7-11(18-16(23)28-10)9-27-17-21-20-15(29-17)19-13(24)8-26-12-5-3-2-4-6-12/h2-7H,8-9H2,1H3,(H,19,20,24). The molecule has 0 saturated carbocycles. The average molecular weight is 447 g/mol. The Kier molecular flexibility index (Phi) is 5.83. The molecule has 0 aliphatic heterocycles. The molecule has 29 heavy (non-hydrogen) atoms. The molecule has 3 heterocycles. The number of benzene rings is 1. The average Bonchev–Trinajstić information content (AvgIpc) is 3.31. The van der Waals surface area contributed by atoms with Crippen molar-refractivity contribution in [1.29, 1.82) is 0 Å². The van der Waals surface area contributed by atoms with E-state index in [4.69, 9.17) is 4.74 Å². The van der Waals surface area contributed by atoms with Gasteiger partial charge in [-0.2, -0.15) is 9.61 Å². The highest BCUT2D eigenvalue weighted by Gasteiger charge is 2.11. The summed E-state index contributed by atoms with van der Waals surface area (Å²) < 4.78 is 7.35. The van der Waals surface area contributed by atoms with Crippen molar-refractivity contribution in [3.8, 4) is 5.75 Å². The van der Waals surface area contributed by atoms with Gasteiger partial charge in [-0.1, -0.05) is 52.6 Å². The number of rotatable bonds is 7. The lowest BCUT2D eigenvalue weighted by atomic mass is 10.3. The molecule has 0 fully saturated rings. The third-order valence-electron chi connectivity index (χ3n) is 3.51. The summed E-state index contributed by atoms with van der Waals surface area (Å²) in [6, 6.07) is 10.5. The number of nitrogens with one attached hydrogen (secondary N) is 1. The summed E-state index contributed by atoms with van der Waals surface area (Å²) in [5, 5.41) is 15.9. The Morgan fingerprint density at radius 1 is 1.24 bits per heavy atom. The van der Waals surface area contributed by atoms with Crippen molar-refractivity contribution in [2.45, 2.75) is 17.0 Å². The number of ether oxygens (including phenoxy) is 1. The maximum atomic E-state index is 12.1. The van der Waals surface area contributed by atoms with Gasteiger partial charge in [-0.3, -0.25) is 14.9 Å². The van der Waals surface area contributed by atoms with Gasteiger partial charge in [0.2, 0.25) is 10.1 Å². The molecular formula is C17H14N6O3S3. The number of amides is 1. The molecule has 0 atom stereocenters. The molecule has 12 heteroatoms. The molecule has 0 saturated heterocycles. The zero-order chi connectivity index (χ0) is 20.2. The Morgan fingerprint density at radius 3 is 2.90 bits per heavy atom. The molecule has 0 spiro atoms. The van der Waals surface area contributed by atoms with E-state index in [9.17, 15) is 9.59 Å². The van der Waals surface area contributed by atoms with Crippen LogP contribution in [0.2, 0.25) is 0 Å². The number of aryl methyl sites for hydroxylation is 1. The van der Waals surface area contributed by atoms with Crippen LogP contribution in [-0.2, 0) is 10.5 Å². The molecule has 0 aliphatic rings. The second kappa shape index (κ2) is 8.68. The van der Waals surface area contributed by atoms with Crippen LogP contribution in [0, 0.1) is 6.92 Å². The van der Waals surface area contributed by atoms with E-state index in [2.05, 4.69) is 25.6 Å². The van der Waals surface area contributed by atoms with Gasteiger partial charge >= 0.3 is 0 Å². The predicted octanol–water partition coefficient (Wildman–Crippen LogP) is 2.62. The number of aromatic nitrogens is 5. The monoisotopic (exact) mass is 446 g/mol. The van der Waals surface area contributed by atoms with Gasteiger partial charge in [0.05, 0.1) is 5.69 Å². The molecule has 0 radical (unpaired) electrons. The van der Waals surface area contributed by atoms with Gasteiger partial charge in [-0.25, -0.2) is 4.98 Å². The Bertz CT molecular complexity index is 1200. The van der Waals surface area contributed by atoms with Crippen LogP contribution in [0.25, 0.3) is 4.96 Å². The van der Waals surface area contributed by atoms with E-state index in [0.717, 1.165) is 5.01 Å². The minimum Gasteiger partial charge on any atom is -0.484 e. The molecule has 148 valence electrons. The smallest absolute Gasteiger partial charge is 0.275 e. The van der Waals surface area contributed by atoms with Crippen LogP contribution in [0.1, 0.15) is 10.7 Å². The minimum absolute atomic E-state index is 0.117. The van der Waals surface area contributed by atoms with Crippen LogP contribution in [0.4, 0.5) is 5.13 Å². The van der Waals surface area contributed by atoms with Crippen LogP contribution in [-0.4, -0.2) is 37.3 Å². The van der Waals surface area contributed by atoms with Gasteiger partial charge in [0, 0.05) is 11.8 Å². The SMILES string of the molecule is Cc1nn2c(=O)cc(CSc3nnc(NC(=O)COc4ccccc4)s3)nc2s1. The first kappa shape index (κ1) is 19.5. The summed E-state index contributed by atoms with van der Waals surface area (Å²) in [6.45, 7) is 1.71. The third-order valence-corrected chi connectivity index (χ3v) is 6.34. The minimum atomic E-state index is -0.317. The molecular weight excluding hydrogens is 432 g/mol. The maximum absolute atomic E-state index is 12.1. The second-order valence-electron chi connectivity index (χ2n) is 5.71. The summed E-state index contributed by atoms with van der Waals surface area (Å²) in [7, 11) is 0. The first-order chi connectivity index (χ1) is 14.1. The summed E-state index contributed by atoms with van der Waals surface area (Å²) in [4.78, 5) is 29.1. The molecule has 3 aromatic heterocycles. The van der Waals surface area contributed by atoms with E-state index in [0.29, 0.717) is 31.6 Å². The van der Waals surface area contributed by atoms with Crippen molar-refractivity contribution in [1.82, 2.24) is 24.8 Å². The molecule has 0 aliphatic carbocycles. The second-order valence-corrected chi connectivity index (χ2v) is 9.07. The summed E-state index contributed by atoms with van der Waals surface area (Å²) in [6.07, 6.45) is 0. The molecule has 0 bridgehead atoms. The predicted molar refractivity (Wildman–Crippen MR) is 112 cm³/mol. The highest BCUT2D eigenvalue weighted by atomic mass is 32.2. The first-order valence-corrected chi connectivity index (χ1v) is 11.0. The summed E-state index contributed by atoms with van der Waals surface area (Å²) in [5.41, 5.74) is 0.430. The number of para-hydroxylation sites is 1. The largest absolute Gasteiger partial charge is 0.484 e. The highest BCUT2D eigenvalue weighted by Crippen LogP contribution is 2.28. The van der Waals surface area contributed by atoms with Gasteiger partial charge < -0.3 is 4.74 Å². The Morgan fingerprint density at radius 2 is 2.07 bits per heavy atom. The van der Waals surface area contributed by atoms with E-state index < -0.39 is 0 Å². The van der Waals surface area contributed by atoms with Gasteiger partial charge in [0.15, 0.2) is 10.9 Å². The van der Waals surface area contributed by atoms with Crippen LogP contribution in [0.5, 0.6) is 5.75 Å². The summed E-state index contributed by atoms with van der Waals surface area (Å²) >= 11 is 4.00. The van der Waals surface area contributed by atoms with Gasteiger partial charge in [0.1, 0.15) is 10.8 Å². The van der Waals surface area contributed by atoms with Gasteiger partial charge in [-0.05, 0) is 19.1 Å².